The van der Waals surface area contributed by atoms with E-state index in [1.807, 2.05) is 25.1 Å². The fraction of sp³-hybridized carbons (Fsp3) is 0.278. The molecule has 1 N–H and O–H groups in total. The molecular weight excluding hydrogens is 344 g/mol. The molecule has 0 radical (unpaired) electrons. The van der Waals surface area contributed by atoms with Crippen molar-refractivity contribution in [2.24, 2.45) is 5.10 Å². The van der Waals surface area contributed by atoms with E-state index in [1.54, 1.807) is 39.7 Å². The molecule has 6 nitrogen and oxygen atoms in total. The summed E-state index contributed by atoms with van der Waals surface area (Å²) in [6, 6.07) is 8.96. The lowest BCUT2D eigenvalue weighted by molar-refractivity contribution is 0.288. The number of benzene rings is 2. The number of nitrogens with zero attached hydrogens (tertiary/aromatic N) is 1. The SMILES string of the molecule is CCOc1c(OC)cc(/C=N/Nc2ccc(OC)c(Cl)c2)cc1OC. The quantitative estimate of drug-likeness (QED) is 0.561. The first-order valence-electron chi connectivity index (χ1n) is 7.64. The fourth-order valence-electron chi connectivity index (χ4n) is 2.18. The number of rotatable bonds is 8. The minimum absolute atomic E-state index is 0.507. The first-order valence-corrected chi connectivity index (χ1v) is 8.02. The van der Waals surface area contributed by atoms with Gasteiger partial charge >= 0.3 is 0 Å². The summed E-state index contributed by atoms with van der Waals surface area (Å²) < 4.78 is 21.4. The molecule has 0 amide bonds. The van der Waals surface area contributed by atoms with Gasteiger partial charge < -0.3 is 18.9 Å². The Hall–Kier alpha value is -2.60. The van der Waals surface area contributed by atoms with Gasteiger partial charge in [0.15, 0.2) is 11.5 Å². The predicted octanol–water partition coefficient (Wildman–Crippen LogP) is 4.21. The van der Waals surface area contributed by atoms with Crippen molar-refractivity contribution in [3.05, 3.63) is 40.9 Å². The van der Waals surface area contributed by atoms with Crippen LogP contribution in [0.15, 0.2) is 35.4 Å². The van der Waals surface area contributed by atoms with E-state index in [0.717, 1.165) is 11.3 Å². The fourth-order valence-corrected chi connectivity index (χ4v) is 2.44. The molecule has 0 aliphatic rings. The van der Waals surface area contributed by atoms with E-state index in [-0.39, 0.29) is 0 Å². The van der Waals surface area contributed by atoms with Crippen LogP contribution in [0.1, 0.15) is 12.5 Å². The lowest BCUT2D eigenvalue weighted by atomic mass is 10.2. The molecule has 0 bridgehead atoms. The minimum atomic E-state index is 0.507. The molecule has 0 fully saturated rings. The highest BCUT2D eigenvalue weighted by molar-refractivity contribution is 6.32. The van der Waals surface area contributed by atoms with Crippen molar-refractivity contribution in [2.75, 3.05) is 33.4 Å². The average Bonchev–Trinajstić information content (AvgIpc) is 2.62. The van der Waals surface area contributed by atoms with Crippen molar-refractivity contribution in [1.82, 2.24) is 0 Å². The van der Waals surface area contributed by atoms with Crippen molar-refractivity contribution in [1.29, 1.82) is 0 Å². The summed E-state index contributed by atoms with van der Waals surface area (Å²) in [5, 5.41) is 4.72. The Labute approximate surface area is 152 Å². The summed E-state index contributed by atoms with van der Waals surface area (Å²) in [4.78, 5) is 0. The summed E-state index contributed by atoms with van der Waals surface area (Å²) in [6.07, 6.45) is 1.65. The molecule has 0 heterocycles. The van der Waals surface area contributed by atoms with Crippen LogP contribution in [-0.4, -0.2) is 34.2 Å². The Morgan fingerprint density at radius 1 is 1.00 bits per heavy atom. The Balaban J connectivity index is 2.19. The third-order valence-corrected chi connectivity index (χ3v) is 3.63. The molecular formula is C18H21ClN2O4. The number of ether oxygens (including phenoxy) is 4. The van der Waals surface area contributed by atoms with Gasteiger partial charge in [-0.25, -0.2) is 0 Å². The number of hydrazone groups is 1. The molecule has 0 atom stereocenters. The summed E-state index contributed by atoms with van der Waals surface area (Å²) in [6.45, 7) is 2.41. The maximum absolute atomic E-state index is 6.09. The minimum Gasteiger partial charge on any atom is -0.495 e. The zero-order chi connectivity index (χ0) is 18.2. The topological polar surface area (TPSA) is 61.3 Å². The molecule has 2 aromatic carbocycles. The van der Waals surface area contributed by atoms with Crippen molar-refractivity contribution in [2.45, 2.75) is 6.92 Å². The smallest absolute Gasteiger partial charge is 0.203 e. The van der Waals surface area contributed by atoms with Crippen LogP contribution in [-0.2, 0) is 0 Å². The Morgan fingerprint density at radius 3 is 2.16 bits per heavy atom. The second-order valence-electron chi connectivity index (χ2n) is 4.91. The number of nitrogens with one attached hydrogen (secondary N) is 1. The normalized spacial score (nSPS) is 10.6. The van der Waals surface area contributed by atoms with Gasteiger partial charge in [-0.2, -0.15) is 5.10 Å². The van der Waals surface area contributed by atoms with E-state index in [1.165, 1.54) is 0 Å². The van der Waals surface area contributed by atoms with E-state index in [2.05, 4.69) is 10.5 Å². The van der Waals surface area contributed by atoms with E-state index in [9.17, 15) is 0 Å². The van der Waals surface area contributed by atoms with Crippen LogP contribution in [0.2, 0.25) is 5.02 Å². The van der Waals surface area contributed by atoms with Crippen molar-refractivity contribution >= 4 is 23.5 Å². The van der Waals surface area contributed by atoms with E-state index in [4.69, 9.17) is 30.5 Å². The van der Waals surface area contributed by atoms with Crippen LogP contribution < -0.4 is 24.4 Å². The van der Waals surface area contributed by atoms with Crippen LogP contribution in [0.5, 0.6) is 23.0 Å². The molecule has 134 valence electrons. The molecule has 0 aliphatic carbocycles. The number of hydrogen-bond acceptors (Lipinski definition) is 6. The Kier molecular flexibility index (Phi) is 6.77. The average molecular weight is 365 g/mol. The lowest BCUT2D eigenvalue weighted by Crippen LogP contribution is -2.00. The second-order valence-corrected chi connectivity index (χ2v) is 5.31. The highest BCUT2D eigenvalue weighted by atomic mass is 35.5. The standard InChI is InChI=1S/C18H21ClN2O4/c1-5-25-18-16(23-3)8-12(9-17(18)24-4)11-20-21-13-6-7-15(22-2)14(19)10-13/h6-11,21H,5H2,1-4H3/b20-11+. The van der Waals surface area contributed by atoms with Crippen LogP contribution in [0.25, 0.3) is 0 Å². The molecule has 0 aromatic heterocycles. The van der Waals surface area contributed by atoms with Crippen molar-refractivity contribution in [3.8, 4) is 23.0 Å². The van der Waals surface area contributed by atoms with Crippen molar-refractivity contribution < 1.29 is 18.9 Å². The first-order chi connectivity index (χ1) is 12.1. The highest BCUT2D eigenvalue weighted by Gasteiger charge is 2.13. The van der Waals surface area contributed by atoms with Gasteiger partial charge in [0, 0.05) is 5.56 Å². The van der Waals surface area contributed by atoms with Gasteiger partial charge in [-0.3, -0.25) is 5.43 Å². The third kappa shape index (κ3) is 4.70. The van der Waals surface area contributed by atoms with E-state index >= 15 is 0 Å². The maximum Gasteiger partial charge on any atom is 0.203 e. The number of hydrogen-bond donors (Lipinski definition) is 1. The lowest BCUT2D eigenvalue weighted by Gasteiger charge is -2.14. The molecule has 2 aromatic rings. The largest absolute Gasteiger partial charge is 0.495 e. The first kappa shape index (κ1) is 18.7. The summed E-state index contributed by atoms with van der Waals surface area (Å²) >= 11 is 6.09. The van der Waals surface area contributed by atoms with Crippen LogP contribution in [0, 0.1) is 0 Å². The summed E-state index contributed by atoms with van der Waals surface area (Å²) in [5.41, 5.74) is 4.45. The van der Waals surface area contributed by atoms with Gasteiger partial charge in [-0.05, 0) is 37.3 Å². The van der Waals surface area contributed by atoms with Gasteiger partial charge in [0.1, 0.15) is 5.75 Å². The third-order valence-electron chi connectivity index (χ3n) is 3.33. The van der Waals surface area contributed by atoms with E-state index < -0.39 is 0 Å². The van der Waals surface area contributed by atoms with Crippen molar-refractivity contribution in [3.63, 3.8) is 0 Å². The summed E-state index contributed by atoms with van der Waals surface area (Å²) in [7, 11) is 4.73. The molecule has 0 unspecified atom stereocenters. The Morgan fingerprint density at radius 2 is 1.64 bits per heavy atom. The number of anilines is 1. The molecule has 0 spiro atoms. The van der Waals surface area contributed by atoms with E-state index in [0.29, 0.717) is 34.6 Å². The number of halogens is 1. The van der Waals surface area contributed by atoms with Gasteiger partial charge in [0.2, 0.25) is 5.75 Å². The zero-order valence-electron chi connectivity index (χ0n) is 14.6. The van der Waals surface area contributed by atoms with Gasteiger partial charge in [0.05, 0.1) is 44.9 Å². The molecule has 0 saturated heterocycles. The maximum atomic E-state index is 6.09. The predicted molar refractivity (Wildman–Crippen MR) is 99.9 cm³/mol. The van der Waals surface area contributed by atoms with Gasteiger partial charge in [-0.1, -0.05) is 11.6 Å². The molecule has 0 aliphatic heterocycles. The van der Waals surface area contributed by atoms with Gasteiger partial charge in [0.25, 0.3) is 0 Å². The number of methoxy groups -OCH3 is 3. The highest BCUT2D eigenvalue weighted by Crippen LogP contribution is 2.38. The summed E-state index contributed by atoms with van der Waals surface area (Å²) in [5.74, 6) is 2.34. The van der Waals surface area contributed by atoms with Crippen LogP contribution >= 0.6 is 11.6 Å². The molecule has 0 saturated carbocycles. The monoisotopic (exact) mass is 364 g/mol. The zero-order valence-corrected chi connectivity index (χ0v) is 15.4. The Bertz CT molecular complexity index is 725. The molecule has 2 rings (SSSR count). The van der Waals surface area contributed by atoms with Crippen LogP contribution in [0.4, 0.5) is 5.69 Å². The second kappa shape index (κ2) is 9.03. The molecule has 7 heteroatoms. The van der Waals surface area contributed by atoms with Crippen LogP contribution in [0.3, 0.4) is 0 Å². The molecule has 25 heavy (non-hydrogen) atoms. The van der Waals surface area contributed by atoms with Gasteiger partial charge in [-0.15, -0.1) is 0 Å².